The first kappa shape index (κ1) is 6.85. The van der Waals surface area contributed by atoms with Crippen molar-refractivity contribution in [2.75, 3.05) is 7.11 Å². The highest BCUT2D eigenvalue weighted by Gasteiger charge is 2.39. The number of carbonyl (C=O) groups excluding carboxylic acids is 1. The fraction of sp³-hybridized carbons (Fsp3) is 0.625. The molecule has 3 nitrogen and oxygen atoms in total. The van der Waals surface area contributed by atoms with E-state index in [2.05, 4.69) is 22.2 Å². The van der Waals surface area contributed by atoms with E-state index >= 15 is 0 Å². The lowest BCUT2D eigenvalue weighted by atomic mass is 10.0. The van der Waals surface area contributed by atoms with Gasteiger partial charge in [0.05, 0.1) is 7.11 Å². The van der Waals surface area contributed by atoms with Crippen LogP contribution in [0.4, 0.5) is 0 Å². The van der Waals surface area contributed by atoms with E-state index in [4.69, 9.17) is 0 Å². The highest BCUT2D eigenvalue weighted by molar-refractivity contribution is 5.77. The second kappa shape index (κ2) is 2.34. The number of nitrogens with one attached hydrogen (secondary N) is 1. The van der Waals surface area contributed by atoms with Crippen LogP contribution >= 0.6 is 0 Å². The second-order valence-corrected chi connectivity index (χ2v) is 3.06. The summed E-state index contributed by atoms with van der Waals surface area (Å²) >= 11 is 0. The lowest BCUT2D eigenvalue weighted by molar-refractivity contribution is -0.143. The molecular formula is C8H11NO2. The summed E-state index contributed by atoms with van der Waals surface area (Å²) in [5.41, 5.74) is 0. The van der Waals surface area contributed by atoms with Crippen molar-refractivity contribution in [1.29, 1.82) is 0 Å². The summed E-state index contributed by atoms with van der Waals surface area (Å²) in [5.74, 6) is 0.231. The van der Waals surface area contributed by atoms with Gasteiger partial charge in [-0.25, -0.2) is 0 Å². The monoisotopic (exact) mass is 153 g/mol. The third-order valence-electron chi connectivity index (χ3n) is 2.39. The van der Waals surface area contributed by atoms with Gasteiger partial charge < -0.3 is 4.74 Å². The van der Waals surface area contributed by atoms with Crippen LogP contribution in [-0.4, -0.2) is 25.2 Å². The van der Waals surface area contributed by atoms with Crippen molar-refractivity contribution in [2.24, 2.45) is 5.92 Å². The highest BCUT2D eigenvalue weighted by atomic mass is 16.5. The average Bonchev–Trinajstić information content (AvgIpc) is 2.62. The minimum atomic E-state index is -0.137. The molecule has 0 aromatic heterocycles. The fourth-order valence-electron chi connectivity index (χ4n) is 1.82. The summed E-state index contributed by atoms with van der Waals surface area (Å²) in [7, 11) is 1.43. The van der Waals surface area contributed by atoms with Crippen LogP contribution in [0.2, 0.25) is 0 Å². The number of hydrogen-bond donors (Lipinski definition) is 1. The molecule has 60 valence electrons. The van der Waals surface area contributed by atoms with Crippen LogP contribution in [0.15, 0.2) is 12.2 Å². The van der Waals surface area contributed by atoms with Crippen molar-refractivity contribution in [1.82, 2.24) is 5.32 Å². The zero-order chi connectivity index (χ0) is 7.84. The molecule has 1 saturated heterocycles. The molecule has 1 fully saturated rings. The SMILES string of the molecule is COC(=O)[C@@H]1N[C@H]2C=C[C@@H]1C2. The Morgan fingerprint density at radius 2 is 2.45 bits per heavy atom. The van der Waals surface area contributed by atoms with E-state index < -0.39 is 0 Å². The van der Waals surface area contributed by atoms with Crippen molar-refractivity contribution < 1.29 is 9.53 Å². The van der Waals surface area contributed by atoms with Gasteiger partial charge in [-0.15, -0.1) is 0 Å². The van der Waals surface area contributed by atoms with E-state index in [-0.39, 0.29) is 12.0 Å². The normalized spacial score (nSPS) is 39.5. The van der Waals surface area contributed by atoms with Gasteiger partial charge in [-0.05, 0) is 6.42 Å². The number of fused-ring (bicyclic) bond motifs is 2. The molecule has 0 unspecified atom stereocenters. The average molecular weight is 153 g/mol. The Bertz CT molecular complexity index is 212. The fourth-order valence-corrected chi connectivity index (χ4v) is 1.82. The maximum absolute atomic E-state index is 11.1. The summed E-state index contributed by atoms with van der Waals surface area (Å²) in [6.07, 6.45) is 5.27. The maximum Gasteiger partial charge on any atom is 0.323 e. The molecule has 0 amide bonds. The Balaban J connectivity index is 2.08. The molecule has 11 heavy (non-hydrogen) atoms. The smallest absolute Gasteiger partial charge is 0.323 e. The van der Waals surface area contributed by atoms with Crippen LogP contribution in [0.3, 0.4) is 0 Å². The number of methoxy groups -OCH3 is 1. The molecule has 0 spiro atoms. The Hall–Kier alpha value is -0.830. The van der Waals surface area contributed by atoms with Gasteiger partial charge in [0.25, 0.3) is 0 Å². The number of rotatable bonds is 1. The summed E-state index contributed by atoms with van der Waals surface area (Å²) in [6, 6.07) is 0.319. The highest BCUT2D eigenvalue weighted by Crippen LogP contribution is 2.29. The molecule has 2 rings (SSSR count). The van der Waals surface area contributed by atoms with Gasteiger partial charge in [-0.2, -0.15) is 0 Å². The molecule has 1 N–H and O–H groups in total. The Morgan fingerprint density at radius 1 is 1.64 bits per heavy atom. The Labute approximate surface area is 65.4 Å². The molecule has 0 aromatic rings. The Kier molecular flexibility index (Phi) is 1.46. The quantitative estimate of drug-likeness (QED) is 0.428. The molecule has 1 aliphatic carbocycles. The minimum Gasteiger partial charge on any atom is -0.468 e. The molecule has 3 heteroatoms. The van der Waals surface area contributed by atoms with E-state index in [9.17, 15) is 4.79 Å². The van der Waals surface area contributed by atoms with E-state index in [0.29, 0.717) is 12.0 Å². The Morgan fingerprint density at radius 3 is 2.91 bits per heavy atom. The number of hydrogen-bond acceptors (Lipinski definition) is 3. The third kappa shape index (κ3) is 0.959. The predicted molar refractivity (Wildman–Crippen MR) is 40.0 cm³/mol. The van der Waals surface area contributed by atoms with E-state index in [1.54, 1.807) is 0 Å². The summed E-state index contributed by atoms with van der Waals surface area (Å²) in [4.78, 5) is 11.1. The molecule has 0 saturated carbocycles. The topological polar surface area (TPSA) is 38.3 Å². The van der Waals surface area contributed by atoms with Crippen LogP contribution in [0.1, 0.15) is 6.42 Å². The molecule has 1 aliphatic heterocycles. The molecular weight excluding hydrogens is 142 g/mol. The summed E-state index contributed by atoms with van der Waals surface area (Å²) in [6.45, 7) is 0. The number of ether oxygens (including phenoxy) is 1. The third-order valence-corrected chi connectivity index (χ3v) is 2.39. The van der Waals surface area contributed by atoms with Gasteiger partial charge in [-0.3, -0.25) is 10.1 Å². The minimum absolute atomic E-state index is 0.0880. The first-order chi connectivity index (χ1) is 5.31. The molecule has 2 bridgehead atoms. The van der Waals surface area contributed by atoms with Gasteiger partial charge in [0.1, 0.15) is 6.04 Å². The zero-order valence-electron chi connectivity index (χ0n) is 6.41. The second-order valence-electron chi connectivity index (χ2n) is 3.06. The van der Waals surface area contributed by atoms with Crippen LogP contribution in [-0.2, 0) is 9.53 Å². The first-order valence-corrected chi connectivity index (χ1v) is 3.83. The van der Waals surface area contributed by atoms with Crippen LogP contribution in [0.5, 0.6) is 0 Å². The van der Waals surface area contributed by atoms with E-state index in [1.807, 2.05) is 0 Å². The van der Waals surface area contributed by atoms with Gasteiger partial charge in [0.2, 0.25) is 0 Å². The maximum atomic E-state index is 11.1. The molecule has 3 atom stereocenters. The number of carbonyl (C=O) groups is 1. The van der Waals surface area contributed by atoms with Gasteiger partial charge in [0.15, 0.2) is 0 Å². The first-order valence-electron chi connectivity index (χ1n) is 3.83. The van der Waals surface area contributed by atoms with E-state index in [1.165, 1.54) is 7.11 Å². The predicted octanol–water partition coefficient (Wildman–Crippen LogP) is 0.0759. The van der Waals surface area contributed by atoms with Crippen LogP contribution in [0.25, 0.3) is 0 Å². The largest absolute Gasteiger partial charge is 0.468 e. The number of esters is 1. The van der Waals surface area contributed by atoms with Crippen molar-refractivity contribution in [3.8, 4) is 0 Å². The lowest BCUT2D eigenvalue weighted by Crippen LogP contribution is -2.40. The van der Waals surface area contributed by atoms with Crippen LogP contribution < -0.4 is 5.32 Å². The molecule has 1 heterocycles. The summed E-state index contributed by atoms with van der Waals surface area (Å²) in [5, 5.41) is 3.18. The molecule has 0 radical (unpaired) electrons. The standard InChI is InChI=1S/C8H11NO2/c1-11-8(10)7-5-2-3-6(4-5)9-7/h2-3,5-7,9H,4H2,1H3/t5-,6+,7-/m1/s1. The lowest BCUT2D eigenvalue weighted by Gasteiger charge is -2.15. The van der Waals surface area contributed by atoms with Gasteiger partial charge >= 0.3 is 5.97 Å². The summed E-state index contributed by atoms with van der Waals surface area (Å²) < 4.78 is 4.65. The molecule has 0 aromatic carbocycles. The van der Waals surface area contributed by atoms with E-state index in [0.717, 1.165) is 6.42 Å². The van der Waals surface area contributed by atoms with Crippen molar-refractivity contribution in [2.45, 2.75) is 18.5 Å². The zero-order valence-corrected chi connectivity index (χ0v) is 6.41. The van der Waals surface area contributed by atoms with Gasteiger partial charge in [0, 0.05) is 12.0 Å². The molecule has 2 aliphatic rings. The van der Waals surface area contributed by atoms with Crippen molar-refractivity contribution in [3.05, 3.63) is 12.2 Å². The van der Waals surface area contributed by atoms with Crippen molar-refractivity contribution in [3.63, 3.8) is 0 Å². The van der Waals surface area contributed by atoms with Crippen molar-refractivity contribution >= 4 is 5.97 Å². The van der Waals surface area contributed by atoms with Crippen LogP contribution in [0, 0.1) is 5.92 Å². The van der Waals surface area contributed by atoms with Gasteiger partial charge in [-0.1, -0.05) is 12.2 Å².